The molecule has 6 nitrogen and oxygen atoms in total. The quantitative estimate of drug-likeness (QED) is 0.819. The molecular formula is C11H12ClN5O. The summed E-state index contributed by atoms with van der Waals surface area (Å²) in [6.45, 7) is 0.481. The van der Waals surface area contributed by atoms with Crippen LogP contribution in [0, 0.1) is 0 Å². The average Bonchev–Trinajstić information content (AvgIpc) is 2.41. The van der Waals surface area contributed by atoms with E-state index < -0.39 is 0 Å². The first-order chi connectivity index (χ1) is 8.72. The molecule has 0 aliphatic rings. The Labute approximate surface area is 109 Å². The van der Waals surface area contributed by atoms with Crippen molar-refractivity contribution in [3.63, 3.8) is 0 Å². The summed E-state index contributed by atoms with van der Waals surface area (Å²) in [5, 5.41) is 3.29. The summed E-state index contributed by atoms with van der Waals surface area (Å²) >= 11 is 5.80. The van der Waals surface area contributed by atoms with Gasteiger partial charge in [-0.05, 0) is 6.07 Å². The molecule has 0 bridgehead atoms. The van der Waals surface area contributed by atoms with Crippen molar-refractivity contribution in [3.05, 3.63) is 35.4 Å². The van der Waals surface area contributed by atoms with Crippen LogP contribution in [0.4, 0.5) is 11.5 Å². The Bertz CT molecular complexity index is 549. The number of nitrogens with one attached hydrogen (secondary N) is 1. The van der Waals surface area contributed by atoms with Crippen LogP contribution in [0.15, 0.2) is 24.7 Å². The third kappa shape index (κ3) is 2.60. The highest BCUT2D eigenvalue weighted by atomic mass is 35.5. The molecule has 0 unspecified atom stereocenters. The number of ether oxygens (including phenoxy) is 1. The molecule has 2 aromatic heterocycles. The van der Waals surface area contributed by atoms with Gasteiger partial charge in [-0.3, -0.25) is 0 Å². The van der Waals surface area contributed by atoms with Gasteiger partial charge in [-0.15, -0.1) is 0 Å². The van der Waals surface area contributed by atoms with Crippen molar-refractivity contribution in [2.24, 2.45) is 0 Å². The van der Waals surface area contributed by atoms with Gasteiger partial charge >= 0.3 is 0 Å². The molecule has 0 fully saturated rings. The molecule has 0 saturated carbocycles. The van der Waals surface area contributed by atoms with Gasteiger partial charge < -0.3 is 15.8 Å². The Morgan fingerprint density at radius 1 is 1.39 bits per heavy atom. The first kappa shape index (κ1) is 12.4. The van der Waals surface area contributed by atoms with Crippen LogP contribution in [0.5, 0.6) is 5.88 Å². The van der Waals surface area contributed by atoms with Gasteiger partial charge in [-0.25, -0.2) is 15.0 Å². The molecule has 0 atom stereocenters. The Kier molecular flexibility index (Phi) is 3.78. The summed E-state index contributed by atoms with van der Waals surface area (Å²) in [7, 11) is 1.57. The fraction of sp³-hybridized carbons (Fsp3) is 0.182. The minimum absolute atomic E-state index is 0.227. The van der Waals surface area contributed by atoms with E-state index in [9.17, 15) is 0 Å². The molecule has 2 aromatic rings. The largest absolute Gasteiger partial charge is 0.481 e. The molecule has 0 saturated heterocycles. The van der Waals surface area contributed by atoms with E-state index >= 15 is 0 Å². The zero-order chi connectivity index (χ0) is 13.0. The van der Waals surface area contributed by atoms with Gasteiger partial charge in [0.25, 0.3) is 0 Å². The number of anilines is 2. The highest BCUT2D eigenvalue weighted by molar-refractivity contribution is 6.32. The monoisotopic (exact) mass is 265 g/mol. The summed E-state index contributed by atoms with van der Waals surface area (Å²) < 4.78 is 5.15. The van der Waals surface area contributed by atoms with Crippen LogP contribution in [0.25, 0.3) is 0 Å². The molecule has 18 heavy (non-hydrogen) atoms. The topological polar surface area (TPSA) is 86.0 Å². The Morgan fingerprint density at radius 3 is 3.00 bits per heavy atom. The summed E-state index contributed by atoms with van der Waals surface area (Å²) in [6.07, 6.45) is 3.01. The maximum atomic E-state index is 5.80. The van der Waals surface area contributed by atoms with Crippen molar-refractivity contribution in [1.29, 1.82) is 0 Å². The molecular weight excluding hydrogens is 254 g/mol. The van der Waals surface area contributed by atoms with E-state index in [0.717, 1.165) is 5.56 Å². The molecule has 3 N–H and O–H groups in total. The molecule has 0 aromatic carbocycles. The number of aromatic nitrogens is 3. The molecule has 0 aliphatic heterocycles. The van der Waals surface area contributed by atoms with E-state index in [4.69, 9.17) is 22.1 Å². The van der Waals surface area contributed by atoms with Crippen molar-refractivity contribution < 1.29 is 4.74 Å². The SMILES string of the molecule is COc1ncccc1CNc1ncnc(Cl)c1N. The zero-order valence-electron chi connectivity index (χ0n) is 9.72. The van der Waals surface area contributed by atoms with Gasteiger partial charge in [0.2, 0.25) is 5.88 Å². The lowest BCUT2D eigenvalue weighted by molar-refractivity contribution is 0.393. The van der Waals surface area contributed by atoms with Crippen molar-refractivity contribution in [3.8, 4) is 5.88 Å². The van der Waals surface area contributed by atoms with Crippen LogP contribution >= 0.6 is 11.6 Å². The number of methoxy groups -OCH3 is 1. The normalized spacial score (nSPS) is 10.1. The van der Waals surface area contributed by atoms with E-state index in [1.165, 1.54) is 6.33 Å². The highest BCUT2D eigenvalue weighted by Gasteiger charge is 2.07. The first-order valence-electron chi connectivity index (χ1n) is 5.20. The third-order valence-corrected chi connectivity index (χ3v) is 2.63. The van der Waals surface area contributed by atoms with Gasteiger partial charge in [0.05, 0.1) is 7.11 Å². The Morgan fingerprint density at radius 2 is 2.22 bits per heavy atom. The fourth-order valence-corrected chi connectivity index (χ4v) is 1.57. The minimum Gasteiger partial charge on any atom is -0.481 e. The second-order valence-corrected chi connectivity index (χ2v) is 3.81. The second-order valence-electron chi connectivity index (χ2n) is 3.45. The predicted octanol–water partition coefficient (Wildman–Crippen LogP) is 1.73. The summed E-state index contributed by atoms with van der Waals surface area (Å²) in [4.78, 5) is 11.9. The minimum atomic E-state index is 0.227. The van der Waals surface area contributed by atoms with Gasteiger partial charge in [0.15, 0.2) is 11.0 Å². The predicted molar refractivity (Wildman–Crippen MR) is 69.6 cm³/mol. The molecule has 0 radical (unpaired) electrons. The van der Waals surface area contributed by atoms with Gasteiger partial charge in [0.1, 0.15) is 12.0 Å². The van der Waals surface area contributed by atoms with Crippen LogP contribution in [0.3, 0.4) is 0 Å². The van der Waals surface area contributed by atoms with Crippen LogP contribution in [0.2, 0.25) is 5.15 Å². The Balaban J connectivity index is 2.14. The smallest absolute Gasteiger partial charge is 0.218 e. The zero-order valence-corrected chi connectivity index (χ0v) is 10.5. The molecule has 7 heteroatoms. The van der Waals surface area contributed by atoms with Crippen molar-refractivity contribution in [2.75, 3.05) is 18.2 Å². The van der Waals surface area contributed by atoms with Gasteiger partial charge in [-0.1, -0.05) is 17.7 Å². The van der Waals surface area contributed by atoms with E-state index in [2.05, 4.69) is 20.3 Å². The average molecular weight is 266 g/mol. The van der Waals surface area contributed by atoms with Crippen LogP contribution in [-0.2, 0) is 6.54 Å². The molecule has 94 valence electrons. The lowest BCUT2D eigenvalue weighted by Crippen LogP contribution is -2.07. The lowest BCUT2D eigenvalue weighted by Gasteiger charge is -2.10. The van der Waals surface area contributed by atoms with Crippen molar-refractivity contribution >= 4 is 23.1 Å². The van der Waals surface area contributed by atoms with E-state index in [0.29, 0.717) is 23.9 Å². The van der Waals surface area contributed by atoms with Gasteiger partial charge in [0, 0.05) is 18.3 Å². The van der Waals surface area contributed by atoms with E-state index in [-0.39, 0.29) is 5.15 Å². The number of rotatable bonds is 4. The lowest BCUT2D eigenvalue weighted by atomic mass is 10.2. The van der Waals surface area contributed by atoms with E-state index in [1.54, 1.807) is 13.3 Å². The Hall–Kier alpha value is -2.08. The number of hydrogen-bond acceptors (Lipinski definition) is 6. The third-order valence-electron chi connectivity index (χ3n) is 2.32. The first-order valence-corrected chi connectivity index (χ1v) is 5.58. The van der Waals surface area contributed by atoms with E-state index in [1.807, 2.05) is 12.1 Å². The molecule has 2 heterocycles. The maximum absolute atomic E-state index is 5.80. The van der Waals surface area contributed by atoms with Crippen LogP contribution < -0.4 is 15.8 Å². The molecule has 2 rings (SSSR count). The molecule has 0 aliphatic carbocycles. The number of pyridine rings is 1. The van der Waals surface area contributed by atoms with Crippen molar-refractivity contribution in [1.82, 2.24) is 15.0 Å². The summed E-state index contributed by atoms with van der Waals surface area (Å²) in [5.74, 6) is 1.05. The number of nitrogen functional groups attached to an aromatic ring is 1. The number of nitrogens with two attached hydrogens (primary N) is 1. The molecule has 0 amide bonds. The standard InChI is InChI=1S/C11H12ClN5O/c1-18-11-7(3-2-4-14-11)5-15-10-8(13)9(12)16-6-17-10/h2-4,6H,5,13H2,1H3,(H,15,16,17). The van der Waals surface area contributed by atoms with Gasteiger partial charge in [-0.2, -0.15) is 0 Å². The van der Waals surface area contributed by atoms with Crippen molar-refractivity contribution in [2.45, 2.75) is 6.54 Å². The fourth-order valence-electron chi connectivity index (χ4n) is 1.44. The van der Waals surface area contributed by atoms with Crippen LogP contribution in [0.1, 0.15) is 5.56 Å². The second kappa shape index (κ2) is 5.50. The number of hydrogen-bond donors (Lipinski definition) is 2. The number of nitrogens with zero attached hydrogens (tertiary/aromatic N) is 3. The summed E-state index contributed by atoms with van der Waals surface area (Å²) in [6, 6.07) is 3.73. The highest BCUT2D eigenvalue weighted by Crippen LogP contribution is 2.23. The maximum Gasteiger partial charge on any atom is 0.218 e. The number of halogens is 1. The van der Waals surface area contributed by atoms with Crippen LogP contribution in [-0.4, -0.2) is 22.1 Å². The summed E-state index contributed by atoms with van der Waals surface area (Å²) in [5.41, 5.74) is 6.97. The molecule has 0 spiro atoms.